The van der Waals surface area contributed by atoms with Gasteiger partial charge in [-0.1, -0.05) is 43.4 Å². The number of carbonyl (C=O) groups excluding carboxylic acids is 2. The van der Waals surface area contributed by atoms with Crippen LogP contribution in [0.1, 0.15) is 65.3 Å². The zero-order valence-corrected chi connectivity index (χ0v) is 23.6. The van der Waals surface area contributed by atoms with Crippen LogP contribution in [0.15, 0.2) is 60.9 Å². The molecule has 0 bridgehead atoms. The number of hydrogen-bond donors (Lipinski definition) is 3. The Kier molecular flexibility index (Phi) is 8.43. The molecule has 2 amide bonds. The van der Waals surface area contributed by atoms with Crippen molar-refractivity contribution in [2.75, 3.05) is 10.6 Å². The van der Waals surface area contributed by atoms with E-state index >= 15 is 0 Å². The number of aryl methyl sites for hydroxylation is 1. The number of fused-ring (bicyclic) bond motifs is 1. The van der Waals surface area contributed by atoms with E-state index in [-0.39, 0.29) is 17.9 Å². The third kappa shape index (κ3) is 6.75. The number of carbonyl (C=O) groups is 2. The number of nitrogens with zero attached hydrogens (tertiary/aromatic N) is 2. The molecular weight excluding hydrogens is 530 g/mol. The monoisotopic (exact) mass is 561 g/mol. The Morgan fingerprint density at radius 3 is 2.74 bits per heavy atom. The molecule has 2 unspecified atom stereocenters. The average molecular weight is 562 g/mol. The fourth-order valence-electron chi connectivity index (χ4n) is 5.09. The van der Waals surface area contributed by atoms with Crippen LogP contribution in [0.3, 0.4) is 0 Å². The first-order valence-electron chi connectivity index (χ1n) is 13.3. The van der Waals surface area contributed by atoms with Crippen molar-refractivity contribution in [3.05, 3.63) is 81.4 Å². The topological polar surface area (TPSA) is 96.0 Å². The van der Waals surface area contributed by atoms with E-state index < -0.39 is 6.04 Å². The predicted molar refractivity (Wildman–Crippen MR) is 159 cm³/mol. The lowest BCUT2D eigenvalue weighted by Crippen LogP contribution is -2.44. The number of nitrogens with one attached hydrogen (secondary N) is 3. The van der Waals surface area contributed by atoms with Crippen molar-refractivity contribution in [3.63, 3.8) is 0 Å². The molecule has 5 rings (SSSR count). The molecule has 39 heavy (non-hydrogen) atoms. The third-order valence-corrected chi connectivity index (χ3v) is 8.71. The molecule has 1 aliphatic rings. The maximum Gasteiger partial charge on any atom is 0.262 e. The lowest BCUT2D eigenvalue weighted by molar-refractivity contribution is -0.118. The summed E-state index contributed by atoms with van der Waals surface area (Å²) < 4.78 is 0. The van der Waals surface area contributed by atoms with Crippen molar-refractivity contribution in [1.82, 2.24) is 15.3 Å². The number of hydrogen-bond acceptors (Lipinski definition) is 6. The summed E-state index contributed by atoms with van der Waals surface area (Å²) in [5, 5.41) is 11.0. The smallest absolute Gasteiger partial charge is 0.262 e. The van der Waals surface area contributed by atoms with Gasteiger partial charge in [-0.05, 0) is 68.7 Å². The molecular formula is C30H32ClN5O2S. The molecule has 202 valence electrons. The molecule has 1 fully saturated rings. The van der Waals surface area contributed by atoms with Crippen LogP contribution in [0.4, 0.5) is 11.4 Å². The van der Waals surface area contributed by atoms with Crippen LogP contribution in [0.5, 0.6) is 0 Å². The highest BCUT2D eigenvalue weighted by Gasteiger charge is 2.28. The van der Waals surface area contributed by atoms with E-state index in [9.17, 15) is 9.59 Å². The summed E-state index contributed by atoms with van der Waals surface area (Å²) in [5.41, 5.74) is 3.26. The Labute approximate surface area is 237 Å². The molecule has 7 nitrogen and oxygen atoms in total. The highest BCUT2D eigenvalue weighted by Crippen LogP contribution is 2.31. The van der Waals surface area contributed by atoms with E-state index in [1.807, 2.05) is 62.4 Å². The standard InChI is InChI=1S/C30H32ClN5O2S/c1-18-25(16-22(31)17-33-18)34-19(2)27-11-12-28(39-27)30(38)36-26(14-20-6-3-4-7-20)29(37)35-23-9-10-24-21(15-23)8-5-13-32-24/h5,8-13,15-17,19-20,26,34H,3-4,6-7,14H2,1-2H3,(H,35,37)(H,36,38). The van der Waals surface area contributed by atoms with Gasteiger partial charge in [0, 0.05) is 28.3 Å². The minimum atomic E-state index is -0.619. The molecule has 4 aromatic rings. The number of amides is 2. The van der Waals surface area contributed by atoms with Crippen LogP contribution >= 0.6 is 22.9 Å². The van der Waals surface area contributed by atoms with Gasteiger partial charge in [0.1, 0.15) is 6.04 Å². The van der Waals surface area contributed by atoms with Gasteiger partial charge in [-0.15, -0.1) is 11.3 Å². The lowest BCUT2D eigenvalue weighted by Gasteiger charge is -2.21. The zero-order valence-electron chi connectivity index (χ0n) is 22.0. The van der Waals surface area contributed by atoms with Crippen molar-refractivity contribution >= 4 is 57.0 Å². The van der Waals surface area contributed by atoms with Gasteiger partial charge < -0.3 is 16.0 Å². The van der Waals surface area contributed by atoms with Gasteiger partial charge >= 0.3 is 0 Å². The molecule has 1 aromatic carbocycles. The molecule has 3 heterocycles. The summed E-state index contributed by atoms with van der Waals surface area (Å²) in [6.07, 6.45) is 8.52. The van der Waals surface area contributed by atoms with Crippen molar-refractivity contribution in [1.29, 1.82) is 0 Å². The van der Waals surface area contributed by atoms with Gasteiger partial charge in [-0.25, -0.2) is 0 Å². The summed E-state index contributed by atoms with van der Waals surface area (Å²) >= 11 is 7.53. The van der Waals surface area contributed by atoms with Gasteiger partial charge in [0.25, 0.3) is 5.91 Å². The molecule has 3 aromatic heterocycles. The fraction of sp³-hybridized carbons (Fsp3) is 0.333. The van der Waals surface area contributed by atoms with Crippen molar-refractivity contribution < 1.29 is 9.59 Å². The van der Waals surface area contributed by atoms with Crippen LogP contribution in [0.25, 0.3) is 10.9 Å². The van der Waals surface area contributed by atoms with E-state index in [1.54, 1.807) is 12.4 Å². The summed E-state index contributed by atoms with van der Waals surface area (Å²) in [5.74, 6) is -0.00587. The normalized spacial score (nSPS) is 15.2. The highest BCUT2D eigenvalue weighted by atomic mass is 35.5. The van der Waals surface area contributed by atoms with E-state index in [0.29, 0.717) is 27.9 Å². The van der Waals surface area contributed by atoms with Crippen LogP contribution in [-0.2, 0) is 4.79 Å². The van der Waals surface area contributed by atoms with E-state index in [4.69, 9.17) is 11.6 Å². The minimum absolute atomic E-state index is 0.0458. The molecule has 0 saturated heterocycles. The zero-order chi connectivity index (χ0) is 27.4. The molecule has 1 aliphatic carbocycles. The average Bonchev–Trinajstić information content (AvgIpc) is 3.63. The summed E-state index contributed by atoms with van der Waals surface area (Å²) in [6, 6.07) is 14.4. The Bertz CT molecular complexity index is 1480. The fourth-order valence-corrected chi connectivity index (χ4v) is 6.16. The largest absolute Gasteiger partial charge is 0.376 e. The van der Waals surface area contributed by atoms with Crippen LogP contribution in [0.2, 0.25) is 5.02 Å². The second-order valence-electron chi connectivity index (χ2n) is 10.2. The Hall–Kier alpha value is -3.49. The van der Waals surface area contributed by atoms with Gasteiger partial charge in [0.15, 0.2) is 0 Å². The molecule has 9 heteroatoms. The summed E-state index contributed by atoms with van der Waals surface area (Å²) in [7, 11) is 0. The predicted octanol–water partition coefficient (Wildman–Crippen LogP) is 7.14. The highest BCUT2D eigenvalue weighted by molar-refractivity contribution is 7.14. The Morgan fingerprint density at radius 2 is 1.92 bits per heavy atom. The van der Waals surface area contributed by atoms with Crippen molar-refractivity contribution in [2.45, 2.75) is 58.0 Å². The number of halogens is 1. The van der Waals surface area contributed by atoms with Crippen LogP contribution in [-0.4, -0.2) is 27.8 Å². The molecule has 0 aliphatic heterocycles. The minimum Gasteiger partial charge on any atom is -0.376 e. The van der Waals surface area contributed by atoms with E-state index in [1.165, 1.54) is 24.2 Å². The third-order valence-electron chi connectivity index (χ3n) is 7.24. The second-order valence-corrected chi connectivity index (χ2v) is 11.7. The SMILES string of the molecule is Cc1ncc(Cl)cc1NC(C)c1ccc(C(=O)NC(CC2CCCC2)C(=O)Nc2ccc3ncccc3c2)s1. The van der Waals surface area contributed by atoms with Crippen LogP contribution < -0.4 is 16.0 Å². The number of aromatic nitrogens is 2. The quantitative estimate of drug-likeness (QED) is 0.202. The summed E-state index contributed by atoms with van der Waals surface area (Å²) in [4.78, 5) is 36.9. The maximum atomic E-state index is 13.4. The summed E-state index contributed by atoms with van der Waals surface area (Å²) in [6.45, 7) is 3.95. The molecule has 0 spiro atoms. The van der Waals surface area contributed by atoms with Crippen molar-refractivity contribution in [3.8, 4) is 0 Å². The first-order chi connectivity index (χ1) is 18.9. The number of thiophene rings is 1. The molecule has 3 N–H and O–H groups in total. The number of anilines is 2. The van der Waals surface area contributed by atoms with Crippen molar-refractivity contribution in [2.24, 2.45) is 5.92 Å². The Balaban J connectivity index is 1.28. The van der Waals surface area contributed by atoms with E-state index in [0.717, 1.165) is 40.0 Å². The molecule has 2 atom stereocenters. The second kappa shape index (κ2) is 12.1. The number of pyridine rings is 2. The van der Waals surface area contributed by atoms with E-state index in [2.05, 4.69) is 25.9 Å². The molecule has 0 radical (unpaired) electrons. The number of benzene rings is 1. The van der Waals surface area contributed by atoms with Gasteiger partial charge in [0.05, 0.1) is 32.8 Å². The van der Waals surface area contributed by atoms with Crippen LogP contribution in [0, 0.1) is 12.8 Å². The first-order valence-corrected chi connectivity index (χ1v) is 14.5. The number of rotatable bonds is 9. The first kappa shape index (κ1) is 27.1. The maximum absolute atomic E-state index is 13.4. The van der Waals surface area contributed by atoms with Gasteiger partial charge in [-0.2, -0.15) is 0 Å². The Morgan fingerprint density at radius 1 is 1.10 bits per heavy atom. The van der Waals surface area contributed by atoms with Gasteiger partial charge in [-0.3, -0.25) is 19.6 Å². The lowest BCUT2D eigenvalue weighted by atomic mass is 9.97. The molecule has 1 saturated carbocycles. The van der Waals surface area contributed by atoms with Gasteiger partial charge in [0.2, 0.25) is 5.91 Å².